The van der Waals surface area contributed by atoms with Crippen molar-refractivity contribution in [2.75, 3.05) is 76.0 Å². The molecule has 0 unspecified atom stereocenters. The summed E-state index contributed by atoms with van der Waals surface area (Å²) >= 11 is 0. The molecule has 4 radical (unpaired) electrons. The summed E-state index contributed by atoms with van der Waals surface area (Å²) in [6.45, 7) is 0. The van der Waals surface area contributed by atoms with Crippen molar-refractivity contribution >= 4 is 62.5 Å². The van der Waals surface area contributed by atoms with Crippen LogP contribution in [0.1, 0.15) is 0 Å². The van der Waals surface area contributed by atoms with E-state index in [0.29, 0.717) is 19.0 Å². The molecule has 0 amide bonds. The third kappa shape index (κ3) is 5.37. The Labute approximate surface area is 199 Å². The van der Waals surface area contributed by atoms with Crippen LogP contribution in [0.15, 0.2) is 60.7 Å². The number of benzene rings is 3. The third-order valence-corrected chi connectivity index (χ3v) is 8.16. The molecule has 0 saturated carbocycles. The molecule has 0 spiro atoms. The molecule has 0 aliphatic rings. The van der Waals surface area contributed by atoms with Crippen LogP contribution in [0.4, 0.5) is 22.7 Å². The standard InChI is InChI=1S/C26H34N4Si2/c1-27(2)21-11-9-12-22(28(3)4)25(21)31-19-15-17-20(18-16-19)32-26-23(29(5)6)13-10-14-24(26)30(7)8/h9-18H,1-8H3. The average Bonchev–Trinajstić information content (AvgIpc) is 2.74. The number of nitrogens with zero attached hydrogens (tertiary/aromatic N) is 4. The monoisotopic (exact) mass is 458 g/mol. The van der Waals surface area contributed by atoms with Gasteiger partial charge in [0.2, 0.25) is 0 Å². The molecular formula is C26H34N4Si2. The summed E-state index contributed by atoms with van der Waals surface area (Å²) in [5.41, 5.74) is 5.15. The van der Waals surface area contributed by atoms with Crippen LogP contribution in [0, 0.1) is 0 Å². The first-order valence-electron chi connectivity index (χ1n) is 10.8. The SMILES string of the molecule is CN(C)c1cccc(N(C)C)c1[Si]c1ccc([Si]c2c(N(C)C)cccc2N(C)C)cc1. The topological polar surface area (TPSA) is 13.0 Å². The minimum absolute atomic E-state index is 0.615. The molecule has 0 aliphatic carbocycles. The van der Waals surface area contributed by atoms with Gasteiger partial charge in [0.1, 0.15) is 19.0 Å². The van der Waals surface area contributed by atoms with Gasteiger partial charge in [-0.25, -0.2) is 0 Å². The first kappa shape index (κ1) is 23.9. The van der Waals surface area contributed by atoms with Crippen LogP contribution in [-0.2, 0) is 0 Å². The van der Waals surface area contributed by atoms with Crippen molar-refractivity contribution in [2.24, 2.45) is 0 Å². The van der Waals surface area contributed by atoms with Gasteiger partial charge in [-0.1, -0.05) is 46.8 Å². The zero-order valence-corrected chi connectivity index (χ0v) is 22.6. The van der Waals surface area contributed by atoms with E-state index in [1.807, 2.05) is 0 Å². The van der Waals surface area contributed by atoms with Crippen LogP contribution in [0.2, 0.25) is 0 Å². The highest BCUT2D eigenvalue weighted by molar-refractivity contribution is 6.72. The predicted molar refractivity (Wildman–Crippen MR) is 147 cm³/mol. The molecular weight excluding hydrogens is 424 g/mol. The van der Waals surface area contributed by atoms with Crippen LogP contribution in [-0.4, -0.2) is 75.4 Å². The van der Waals surface area contributed by atoms with E-state index in [2.05, 4.69) is 137 Å². The highest BCUT2D eigenvalue weighted by Gasteiger charge is 2.15. The second-order valence-corrected chi connectivity index (χ2v) is 11.4. The van der Waals surface area contributed by atoms with Gasteiger partial charge >= 0.3 is 0 Å². The molecule has 166 valence electrons. The van der Waals surface area contributed by atoms with E-state index in [4.69, 9.17) is 0 Å². The maximum Gasteiger partial charge on any atom is 0.127 e. The van der Waals surface area contributed by atoms with Gasteiger partial charge in [-0.2, -0.15) is 0 Å². The summed E-state index contributed by atoms with van der Waals surface area (Å²) in [4.78, 5) is 8.86. The molecule has 32 heavy (non-hydrogen) atoms. The van der Waals surface area contributed by atoms with E-state index in [9.17, 15) is 0 Å². The Morgan fingerprint density at radius 2 is 0.656 bits per heavy atom. The molecule has 3 aromatic rings. The van der Waals surface area contributed by atoms with E-state index >= 15 is 0 Å². The summed E-state index contributed by atoms with van der Waals surface area (Å²) in [7, 11) is 18.2. The zero-order valence-electron chi connectivity index (χ0n) is 20.6. The van der Waals surface area contributed by atoms with Gasteiger partial charge in [-0.3, -0.25) is 0 Å². The summed E-state index contributed by atoms with van der Waals surface area (Å²) in [6, 6.07) is 22.4. The fourth-order valence-electron chi connectivity index (χ4n) is 3.73. The molecule has 0 heterocycles. The Balaban J connectivity index is 1.90. The van der Waals surface area contributed by atoms with Gasteiger partial charge in [0.15, 0.2) is 0 Å². The van der Waals surface area contributed by atoms with Crippen molar-refractivity contribution in [2.45, 2.75) is 0 Å². The average molecular weight is 459 g/mol. The first-order chi connectivity index (χ1) is 15.2. The van der Waals surface area contributed by atoms with Crippen molar-refractivity contribution < 1.29 is 0 Å². The van der Waals surface area contributed by atoms with E-state index in [1.54, 1.807) is 0 Å². The quantitative estimate of drug-likeness (QED) is 0.471. The van der Waals surface area contributed by atoms with E-state index < -0.39 is 0 Å². The highest BCUT2D eigenvalue weighted by Crippen LogP contribution is 2.17. The van der Waals surface area contributed by atoms with Crippen molar-refractivity contribution in [3.63, 3.8) is 0 Å². The Morgan fingerprint density at radius 3 is 0.875 bits per heavy atom. The first-order valence-corrected chi connectivity index (χ1v) is 12.8. The lowest BCUT2D eigenvalue weighted by Crippen LogP contribution is -2.38. The number of rotatable bonds is 8. The Morgan fingerprint density at radius 1 is 0.406 bits per heavy atom. The van der Waals surface area contributed by atoms with Crippen molar-refractivity contribution in [3.05, 3.63) is 60.7 Å². The maximum absolute atomic E-state index is 2.31. The Hall–Kier alpha value is -2.71. The normalized spacial score (nSPS) is 10.8. The third-order valence-electron chi connectivity index (χ3n) is 5.39. The maximum atomic E-state index is 2.31. The molecule has 3 aromatic carbocycles. The number of anilines is 4. The van der Waals surface area contributed by atoms with Crippen LogP contribution >= 0.6 is 0 Å². The van der Waals surface area contributed by atoms with E-state index in [0.717, 1.165) is 0 Å². The number of hydrogen-bond acceptors (Lipinski definition) is 4. The largest absolute Gasteiger partial charge is 0.378 e. The lowest BCUT2D eigenvalue weighted by molar-refractivity contribution is 1.11. The molecule has 0 atom stereocenters. The van der Waals surface area contributed by atoms with Gasteiger partial charge in [0.25, 0.3) is 0 Å². The summed E-state index contributed by atoms with van der Waals surface area (Å²) in [6.07, 6.45) is 0. The van der Waals surface area contributed by atoms with Gasteiger partial charge in [0, 0.05) is 79.1 Å². The van der Waals surface area contributed by atoms with Crippen LogP contribution < -0.4 is 40.3 Å². The summed E-state index contributed by atoms with van der Waals surface area (Å²) < 4.78 is 0. The fourth-order valence-corrected chi connectivity index (χ4v) is 6.71. The summed E-state index contributed by atoms with van der Waals surface area (Å²) in [5.74, 6) is 0. The van der Waals surface area contributed by atoms with Gasteiger partial charge in [0.05, 0.1) is 0 Å². The second kappa shape index (κ2) is 10.3. The minimum Gasteiger partial charge on any atom is -0.378 e. The van der Waals surface area contributed by atoms with Gasteiger partial charge < -0.3 is 19.6 Å². The van der Waals surface area contributed by atoms with Crippen LogP contribution in [0.25, 0.3) is 0 Å². The zero-order chi connectivity index (χ0) is 23.4. The van der Waals surface area contributed by atoms with Crippen LogP contribution in [0.3, 0.4) is 0 Å². The smallest absolute Gasteiger partial charge is 0.127 e. The molecule has 0 N–H and O–H groups in total. The fraction of sp³-hybridized carbons (Fsp3) is 0.308. The number of hydrogen-bond donors (Lipinski definition) is 0. The van der Waals surface area contributed by atoms with Gasteiger partial charge in [-0.15, -0.1) is 0 Å². The lowest BCUT2D eigenvalue weighted by atomic mass is 10.2. The van der Waals surface area contributed by atoms with Gasteiger partial charge in [-0.05, 0) is 34.6 Å². The highest BCUT2D eigenvalue weighted by atomic mass is 28.2. The molecule has 0 aliphatic heterocycles. The minimum atomic E-state index is 0.615. The molecule has 3 rings (SSSR count). The Kier molecular flexibility index (Phi) is 7.69. The second-order valence-electron chi connectivity index (χ2n) is 8.75. The molecule has 6 heteroatoms. The Bertz CT molecular complexity index is 907. The molecule has 0 fully saturated rings. The molecule has 0 aromatic heterocycles. The molecule has 0 saturated heterocycles. The van der Waals surface area contributed by atoms with Crippen molar-refractivity contribution in [3.8, 4) is 0 Å². The molecule has 0 bridgehead atoms. The van der Waals surface area contributed by atoms with Crippen LogP contribution in [0.5, 0.6) is 0 Å². The van der Waals surface area contributed by atoms with Crippen molar-refractivity contribution in [1.29, 1.82) is 0 Å². The molecule has 4 nitrogen and oxygen atoms in total. The van der Waals surface area contributed by atoms with E-state index in [-0.39, 0.29) is 0 Å². The lowest BCUT2D eigenvalue weighted by Gasteiger charge is -2.24. The predicted octanol–water partition coefficient (Wildman–Crippen LogP) is 1.26. The van der Waals surface area contributed by atoms with E-state index in [1.165, 1.54) is 43.5 Å². The van der Waals surface area contributed by atoms with Crippen molar-refractivity contribution in [1.82, 2.24) is 0 Å². The summed E-state index contributed by atoms with van der Waals surface area (Å²) in [5, 5.41) is 5.52.